The Morgan fingerprint density at radius 2 is 0.570 bits per heavy atom. The van der Waals surface area contributed by atoms with Gasteiger partial charge in [0, 0.05) is 61.5 Å². The molecular formula is C124H152BN3. The van der Waals surface area contributed by atoms with Crippen molar-refractivity contribution in [2.45, 2.75) is 340 Å². The molecule has 2 aliphatic heterocycles. The highest BCUT2D eigenvalue weighted by atomic mass is 15.2. The van der Waals surface area contributed by atoms with E-state index in [9.17, 15) is 12.3 Å². The first-order valence-electron chi connectivity index (χ1n) is 51.7. The van der Waals surface area contributed by atoms with Crippen molar-refractivity contribution in [3.8, 4) is 61.3 Å². The van der Waals surface area contributed by atoms with Crippen LogP contribution < -0.4 is 26.2 Å². The van der Waals surface area contributed by atoms with Crippen LogP contribution in [0.1, 0.15) is 355 Å². The van der Waals surface area contributed by atoms with Gasteiger partial charge in [0.2, 0.25) is 0 Å². The van der Waals surface area contributed by atoms with Crippen molar-refractivity contribution in [3.63, 3.8) is 0 Å². The number of hydrogen-bond donors (Lipinski definition) is 0. The van der Waals surface area contributed by atoms with Gasteiger partial charge in [0.1, 0.15) is 0 Å². The molecule has 3 heterocycles. The van der Waals surface area contributed by atoms with E-state index in [1.165, 1.54) is 38.6 Å². The van der Waals surface area contributed by atoms with Crippen LogP contribution in [0.5, 0.6) is 0 Å². The van der Waals surface area contributed by atoms with Gasteiger partial charge in [-0.25, -0.2) is 0 Å². The molecule has 3 nitrogen and oxygen atoms in total. The van der Waals surface area contributed by atoms with Crippen LogP contribution in [0.15, 0.2) is 212 Å². The lowest BCUT2D eigenvalue weighted by Crippen LogP contribution is -2.61. The Balaban J connectivity index is 1.28. The van der Waals surface area contributed by atoms with Crippen LogP contribution in [-0.4, -0.2) is 11.3 Å². The van der Waals surface area contributed by atoms with Crippen LogP contribution in [0, 0.1) is 0 Å². The summed E-state index contributed by atoms with van der Waals surface area (Å²) in [5, 5.41) is 2.34. The van der Waals surface area contributed by atoms with Gasteiger partial charge in [-0.2, -0.15) is 0 Å². The Morgan fingerprint density at radius 1 is 0.219 bits per heavy atom. The highest BCUT2D eigenvalue weighted by Crippen LogP contribution is 2.58. The van der Waals surface area contributed by atoms with Crippen LogP contribution in [0.2, 0.25) is 0 Å². The standard InChI is InChI=1S/C124H152BN3/c1-112(2,3)80-45-40-75(41-46-80)93-68-89(121(28,29)30)70-95(79-60-87(119(22,23)24)64-88(61-79)120(25,26)27)110(93)128-106-74-92(126-103-56-50-83(115(10,11)12)66-97(103)98-67-84(116(13,14)15)51-57-104(98)126)52-55-102(106)125-101-54-44-77(78-58-85(117(16,17)18)63-86(59-78)118(19,20)21)62-105(101)127(107-72-91(123(34,35)36)73-108(128)109(107)125)111-94(76-42-47-81(48-43-76)113(4,5)6)69-90(122(31,32)33)71-99(111)96-65-82(114(7,8)9)49-53-100(96)124(37,38)39/h40-74H,1-39H3/i42D,43D,47D,48D,49D,53D,65D,69D,71D. The summed E-state index contributed by atoms with van der Waals surface area (Å²) >= 11 is 0. The Kier molecular flexibility index (Phi) is 19.6. The molecule has 0 unspecified atom stereocenters. The van der Waals surface area contributed by atoms with Crippen LogP contribution in [0.3, 0.4) is 0 Å². The van der Waals surface area contributed by atoms with Gasteiger partial charge >= 0.3 is 0 Å². The van der Waals surface area contributed by atoms with Gasteiger partial charge in [-0.15, -0.1) is 0 Å². The van der Waals surface area contributed by atoms with Gasteiger partial charge in [-0.05, 0) is 271 Å². The minimum Gasteiger partial charge on any atom is -0.310 e. The third kappa shape index (κ3) is 17.4. The van der Waals surface area contributed by atoms with E-state index in [1.54, 1.807) is 0 Å². The number of hydrogen-bond acceptors (Lipinski definition) is 2. The van der Waals surface area contributed by atoms with E-state index in [-0.39, 0.29) is 131 Å². The molecule has 0 spiro atoms. The van der Waals surface area contributed by atoms with E-state index in [4.69, 9.17) is 0 Å². The second kappa shape index (κ2) is 30.9. The molecule has 2 aliphatic rings. The Morgan fingerprint density at radius 3 is 1.00 bits per heavy atom. The van der Waals surface area contributed by atoms with Crippen LogP contribution in [0.4, 0.5) is 34.1 Å². The lowest BCUT2D eigenvalue weighted by atomic mass is 9.33. The van der Waals surface area contributed by atoms with Gasteiger partial charge in [0.25, 0.3) is 6.71 Å². The number of fused-ring (bicyclic) bond motifs is 7. The molecule has 0 amide bonds. The minimum atomic E-state index is -1.06. The van der Waals surface area contributed by atoms with Crippen molar-refractivity contribution in [1.29, 1.82) is 0 Å². The second-order valence-corrected chi connectivity index (χ2v) is 51.2. The highest BCUT2D eigenvalue weighted by Gasteiger charge is 2.48. The quantitative estimate of drug-likeness (QED) is 0.141. The van der Waals surface area contributed by atoms with E-state index in [2.05, 4.69) is 359 Å². The fourth-order valence-electron chi connectivity index (χ4n) is 18.5. The largest absolute Gasteiger partial charge is 0.310 e. The Labute approximate surface area is 787 Å². The van der Waals surface area contributed by atoms with E-state index in [1.807, 2.05) is 83.1 Å². The summed E-state index contributed by atoms with van der Waals surface area (Å²) in [5.74, 6) is 0. The van der Waals surface area contributed by atoms with Crippen molar-refractivity contribution >= 4 is 79.0 Å². The molecule has 0 bridgehead atoms. The maximum absolute atomic E-state index is 11.8. The molecule has 13 aromatic rings. The maximum atomic E-state index is 11.8. The van der Waals surface area contributed by atoms with E-state index < -0.39 is 39.2 Å². The molecule has 128 heavy (non-hydrogen) atoms. The summed E-state index contributed by atoms with van der Waals surface area (Å²) in [6.07, 6.45) is 0. The van der Waals surface area contributed by atoms with Crippen LogP contribution >= 0.6 is 0 Å². The summed E-state index contributed by atoms with van der Waals surface area (Å²) in [4.78, 5) is 4.88. The lowest BCUT2D eigenvalue weighted by Gasteiger charge is -2.47. The maximum Gasteiger partial charge on any atom is 0.252 e. The zero-order valence-corrected chi connectivity index (χ0v) is 85.4. The molecule has 0 atom stereocenters. The first kappa shape index (κ1) is 81.3. The third-order valence-corrected chi connectivity index (χ3v) is 27.0. The molecule has 0 fully saturated rings. The lowest BCUT2D eigenvalue weighted by molar-refractivity contribution is 0.568. The molecule has 12 aromatic carbocycles. The first-order valence-corrected chi connectivity index (χ1v) is 47.2. The Hall–Kier alpha value is -9.90. The summed E-state index contributed by atoms with van der Waals surface area (Å²) in [7, 11) is 0. The molecule has 666 valence electrons. The Bertz CT molecular complexity index is 6970. The predicted octanol–water partition coefficient (Wildman–Crippen LogP) is 34.1. The number of nitrogens with zero attached hydrogens (tertiary/aromatic N) is 3. The number of aromatic nitrogens is 1. The van der Waals surface area contributed by atoms with Crippen molar-refractivity contribution in [3.05, 3.63) is 284 Å². The molecular weight excluding hydrogens is 1540 g/mol. The average molecular weight is 1700 g/mol. The first-order chi connectivity index (χ1) is 62.4. The monoisotopic (exact) mass is 1700 g/mol. The minimum absolute atomic E-state index is 0.0460. The molecule has 0 radical (unpaired) electrons. The smallest absolute Gasteiger partial charge is 0.252 e. The topological polar surface area (TPSA) is 11.4 Å². The van der Waals surface area contributed by atoms with E-state index in [0.29, 0.717) is 22.5 Å². The zero-order valence-electron chi connectivity index (χ0n) is 94.4. The number of rotatable bonds is 8. The SMILES string of the molecule is [2H]c1c([2H])c(C(C)(C)C)c([2H])c([2H])c1-c1c([2H])c(C(C)(C)C)c([2H])c(-c2c([2H])c(C(C)(C)C)c([2H])c([2H])c2C(C)(C)C)c1N1c2cc(-c3cc(C(C)(C)C)cc(C(C)(C)C)c3)ccc2B2c3ccc(-n4c5ccc(C(C)(C)C)cc5c5cc(C(C)(C)C)ccc54)cc3N(c3c(-c4ccc(C(C)(C)C)cc4)cc(C(C)(C)C)cc3-c3cc(C(C)(C)C)cc(C(C)(C)C)c3)c3cc(C(C)(C)C)cc1c32. The second-order valence-electron chi connectivity index (χ2n) is 51.2. The molecule has 0 aliphatic carbocycles. The fraction of sp³-hybridized carbons (Fsp3) is 0.419. The summed E-state index contributed by atoms with van der Waals surface area (Å²) in [6, 6.07) is 60.1. The molecule has 1 aromatic heterocycles. The van der Waals surface area contributed by atoms with Crippen LogP contribution in [0.25, 0.3) is 83.1 Å². The average Bonchev–Trinajstić information content (AvgIpc) is 0.797. The fourth-order valence-corrected chi connectivity index (χ4v) is 18.5. The van der Waals surface area contributed by atoms with Crippen molar-refractivity contribution in [1.82, 2.24) is 4.57 Å². The van der Waals surface area contributed by atoms with Gasteiger partial charge in [0.05, 0.1) is 34.7 Å². The molecule has 4 heteroatoms. The van der Waals surface area contributed by atoms with Gasteiger partial charge < -0.3 is 14.4 Å². The summed E-state index contributed by atoms with van der Waals surface area (Å²) < 4.78 is 101. The normalized spacial score (nSPS) is 15.1. The van der Waals surface area contributed by atoms with Gasteiger partial charge in [-0.1, -0.05) is 403 Å². The number of anilines is 6. The summed E-state index contributed by atoms with van der Waals surface area (Å²) in [5.41, 5.74) is 21.5. The van der Waals surface area contributed by atoms with Crippen LogP contribution in [-0.2, 0) is 70.4 Å². The van der Waals surface area contributed by atoms with Crippen molar-refractivity contribution < 1.29 is 12.3 Å². The molecule has 0 saturated carbocycles. The molecule has 0 N–H and O–H groups in total. The van der Waals surface area contributed by atoms with E-state index in [0.717, 1.165) is 106 Å². The molecule has 0 saturated heterocycles. The third-order valence-electron chi connectivity index (χ3n) is 27.0. The predicted molar refractivity (Wildman–Crippen MR) is 565 cm³/mol. The zero-order chi connectivity index (χ0) is 102. The van der Waals surface area contributed by atoms with Gasteiger partial charge in [0.15, 0.2) is 0 Å². The van der Waals surface area contributed by atoms with Crippen molar-refractivity contribution in [2.24, 2.45) is 0 Å². The number of benzene rings is 12. The highest BCUT2D eigenvalue weighted by molar-refractivity contribution is 7.00. The van der Waals surface area contributed by atoms with E-state index >= 15 is 0 Å². The summed E-state index contributed by atoms with van der Waals surface area (Å²) in [6.45, 7) is 85.0. The van der Waals surface area contributed by atoms with Crippen molar-refractivity contribution in [2.75, 3.05) is 9.80 Å². The van der Waals surface area contributed by atoms with Gasteiger partial charge in [-0.3, -0.25) is 0 Å². The molecule has 15 rings (SSSR count).